The van der Waals surface area contributed by atoms with E-state index < -0.39 is 6.10 Å². The first-order valence-corrected chi connectivity index (χ1v) is 7.01. The number of ether oxygens (including phenoxy) is 1. The lowest BCUT2D eigenvalue weighted by Gasteiger charge is -2.20. The largest absolute Gasteiger partial charge is 0.481 e. The van der Waals surface area contributed by atoms with Crippen LogP contribution in [0.25, 0.3) is 0 Å². The van der Waals surface area contributed by atoms with Crippen LogP contribution in [0.1, 0.15) is 52.5 Å². The zero-order valence-electron chi connectivity index (χ0n) is 12.6. The van der Waals surface area contributed by atoms with Gasteiger partial charge in [-0.3, -0.25) is 4.79 Å². The Hall–Kier alpha value is -1.51. The molecular weight excluding hydrogens is 238 g/mol. The highest BCUT2D eigenvalue weighted by atomic mass is 16.5. The lowest BCUT2D eigenvalue weighted by molar-refractivity contribution is -0.127. The van der Waals surface area contributed by atoms with E-state index >= 15 is 0 Å². The first kappa shape index (κ1) is 15.5. The zero-order valence-corrected chi connectivity index (χ0v) is 12.6. The molecule has 1 rings (SSSR count). The Kier molecular flexibility index (Phi) is 5.87. The van der Waals surface area contributed by atoms with Gasteiger partial charge in [0.15, 0.2) is 6.10 Å². The number of carbonyl (C=O) groups is 1. The summed E-state index contributed by atoms with van der Waals surface area (Å²) < 4.78 is 5.80. The number of hydrogen-bond acceptors (Lipinski definition) is 2. The minimum absolute atomic E-state index is 0.0621. The van der Waals surface area contributed by atoms with E-state index in [1.54, 1.807) is 6.92 Å². The van der Waals surface area contributed by atoms with Crippen molar-refractivity contribution in [3.8, 4) is 5.75 Å². The second-order valence-electron chi connectivity index (χ2n) is 5.27. The highest BCUT2D eigenvalue weighted by molar-refractivity contribution is 5.81. The molecule has 0 aliphatic carbocycles. The summed E-state index contributed by atoms with van der Waals surface area (Å²) in [6.45, 7) is 10.1. The monoisotopic (exact) mass is 263 g/mol. The summed E-state index contributed by atoms with van der Waals surface area (Å²) >= 11 is 0. The molecule has 3 heteroatoms. The van der Waals surface area contributed by atoms with E-state index in [0.29, 0.717) is 5.92 Å². The maximum atomic E-state index is 12.0. The van der Waals surface area contributed by atoms with Crippen molar-refractivity contribution in [1.29, 1.82) is 0 Å². The normalized spacial score (nSPS) is 14.0. The summed E-state index contributed by atoms with van der Waals surface area (Å²) in [7, 11) is 0. The van der Waals surface area contributed by atoms with Gasteiger partial charge in [0.25, 0.3) is 5.91 Å². The third kappa shape index (κ3) is 4.58. The molecule has 0 fully saturated rings. The molecule has 0 spiro atoms. The van der Waals surface area contributed by atoms with Crippen LogP contribution in [0.4, 0.5) is 0 Å². The molecular formula is C16H25NO2. The molecule has 1 aromatic carbocycles. The molecule has 1 aromatic rings. The topological polar surface area (TPSA) is 38.3 Å². The van der Waals surface area contributed by atoms with Gasteiger partial charge in [0, 0.05) is 6.04 Å². The summed E-state index contributed by atoms with van der Waals surface area (Å²) in [4.78, 5) is 12.0. The van der Waals surface area contributed by atoms with Gasteiger partial charge in [-0.15, -0.1) is 0 Å². The first-order chi connectivity index (χ1) is 8.95. The van der Waals surface area contributed by atoms with Crippen molar-refractivity contribution in [3.63, 3.8) is 0 Å². The quantitative estimate of drug-likeness (QED) is 0.853. The average Bonchev–Trinajstić information content (AvgIpc) is 2.38. The van der Waals surface area contributed by atoms with Crippen molar-refractivity contribution < 1.29 is 9.53 Å². The van der Waals surface area contributed by atoms with Gasteiger partial charge >= 0.3 is 0 Å². The molecule has 19 heavy (non-hydrogen) atoms. The highest BCUT2D eigenvalue weighted by Crippen LogP contribution is 2.26. The van der Waals surface area contributed by atoms with E-state index in [0.717, 1.165) is 17.7 Å². The zero-order chi connectivity index (χ0) is 14.4. The van der Waals surface area contributed by atoms with E-state index in [1.165, 1.54) is 0 Å². The summed E-state index contributed by atoms with van der Waals surface area (Å²) in [6, 6.07) is 8.06. The van der Waals surface area contributed by atoms with Crippen LogP contribution >= 0.6 is 0 Å². The number of para-hydroxylation sites is 1. The van der Waals surface area contributed by atoms with Crippen molar-refractivity contribution in [2.24, 2.45) is 0 Å². The molecule has 1 N–H and O–H groups in total. The molecule has 0 bridgehead atoms. The van der Waals surface area contributed by atoms with Crippen molar-refractivity contribution in [1.82, 2.24) is 5.32 Å². The van der Waals surface area contributed by atoms with Gasteiger partial charge in [-0.1, -0.05) is 39.0 Å². The number of rotatable bonds is 6. The minimum atomic E-state index is -0.478. The van der Waals surface area contributed by atoms with Crippen molar-refractivity contribution in [2.45, 2.75) is 59.1 Å². The Morgan fingerprint density at radius 3 is 2.42 bits per heavy atom. The fourth-order valence-electron chi connectivity index (χ4n) is 1.77. The van der Waals surface area contributed by atoms with Crippen LogP contribution in [0, 0.1) is 0 Å². The van der Waals surface area contributed by atoms with E-state index in [9.17, 15) is 4.79 Å². The molecule has 0 radical (unpaired) electrons. The summed E-state index contributed by atoms with van der Waals surface area (Å²) in [5.74, 6) is 1.11. The number of amides is 1. The van der Waals surface area contributed by atoms with Crippen LogP contribution in [0.15, 0.2) is 24.3 Å². The Labute approximate surface area is 116 Å². The standard InChI is InChI=1S/C16H25NO2/c1-6-12(4)17-16(18)13(5)19-15-10-8-7-9-14(15)11(2)3/h7-13H,6H2,1-5H3,(H,17,18)/t12-,13-/m1/s1. The van der Waals surface area contributed by atoms with Gasteiger partial charge in [0.05, 0.1) is 0 Å². The van der Waals surface area contributed by atoms with Gasteiger partial charge in [0.1, 0.15) is 5.75 Å². The predicted molar refractivity (Wildman–Crippen MR) is 78.5 cm³/mol. The van der Waals surface area contributed by atoms with Gasteiger partial charge in [0.2, 0.25) is 0 Å². The van der Waals surface area contributed by atoms with Crippen LogP contribution < -0.4 is 10.1 Å². The van der Waals surface area contributed by atoms with E-state index in [1.807, 2.05) is 38.1 Å². The van der Waals surface area contributed by atoms with Crippen molar-refractivity contribution in [3.05, 3.63) is 29.8 Å². The molecule has 0 aliphatic heterocycles. The van der Waals surface area contributed by atoms with Gasteiger partial charge in [-0.2, -0.15) is 0 Å². The lowest BCUT2D eigenvalue weighted by atomic mass is 10.0. The summed E-state index contributed by atoms with van der Waals surface area (Å²) in [5.41, 5.74) is 1.13. The fraction of sp³-hybridized carbons (Fsp3) is 0.562. The molecule has 1 amide bonds. The van der Waals surface area contributed by atoms with Crippen LogP contribution in [-0.2, 0) is 4.79 Å². The SMILES string of the molecule is CC[C@@H](C)NC(=O)[C@@H](C)Oc1ccccc1C(C)C. The van der Waals surface area contributed by atoms with Gasteiger partial charge < -0.3 is 10.1 Å². The molecule has 0 heterocycles. The second kappa shape index (κ2) is 7.17. The van der Waals surface area contributed by atoms with Crippen LogP contribution in [-0.4, -0.2) is 18.1 Å². The third-order valence-corrected chi connectivity index (χ3v) is 3.22. The summed E-state index contributed by atoms with van der Waals surface area (Å²) in [5, 5.41) is 2.93. The van der Waals surface area contributed by atoms with Crippen molar-refractivity contribution >= 4 is 5.91 Å². The first-order valence-electron chi connectivity index (χ1n) is 7.01. The van der Waals surface area contributed by atoms with Crippen LogP contribution in [0.5, 0.6) is 5.75 Å². The van der Waals surface area contributed by atoms with Gasteiger partial charge in [-0.05, 0) is 37.8 Å². The third-order valence-electron chi connectivity index (χ3n) is 3.22. The Morgan fingerprint density at radius 1 is 1.21 bits per heavy atom. The molecule has 3 nitrogen and oxygen atoms in total. The molecule has 0 saturated heterocycles. The second-order valence-corrected chi connectivity index (χ2v) is 5.27. The Bertz CT molecular complexity index is 415. The molecule has 0 aromatic heterocycles. The van der Waals surface area contributed by atoms with Crippen LogP contribution in [0.2, 0.25) is 0 Å². The molecule has 2 atom stereocenters. The maximum Gasteiger partial charge on any atom is 0.260 e. The molecule has 0 unspecified atom stereocenters. The smallest absolute Gasteiger partial charge is 0.260 e. The summed E-state index contributed by atoms with van der Waals surface area (Å²) in [6.07, 6.45) is 0.440. The predicted octanol–water partition coefficient (Wildman–Crippen LogP) is 3.49. The van der Waals surface area contributed by atoms with E-state index in [2.05, 4.69) is 19.2 Å². The van der Waals surface area contributed by atoms with Crippen LogP contribution in [0.3, 0.4) is 0 Å². The highest BCUT2D eigenvalue weighted by Gasteiger charge is 2.18. The van der Waals surface area contributed by atoms with E-state index in [4.69, 9.17) is 4.74 Å². The van der Waals surface area contributed by atoms with Crippen molar-refractivity contribution in [2.75, 3.05) is 0 Å². The number of carbonyl (C=O) groups excluding carboxylic acids is 1. The number of benzene rings is 1. The van der Waals surface area contributed by atoms with E-state index in [-0.39, 0.29) is 11.9 Å². The molecule has 0 aliphatic rings. The molecule has 106 valence electrons. The lowest BCUT2D eigenvalue weighted by Crippen LogP contribution is -2.41. The Balaban J connectivity index is 2.71. The Morgan fingerprint density at radius 2 is 1.84 bits per heavy atom. The number of hydrogen-bond donors (Lipinski definition) is 1. The average molecular weight is 263 g/mol. The fourth-order valence-corrected chi connectivity index (χ4v) is 1.77. The van der Waals surface area contributed by atoms with Gasteiger partial charge in [-0.25, -0.2) is 0 Å². The maximum absolute atomic E-state index is 12.0. The molecule has 0 saturated carbocycles. The minimum Gasteiger partial charge on any atom is -0.481 e. The number of nitrogens with one attached hydrogen (secondary N) is 1.